The van der Waals surface area contributed by atoms with Crippen LogP contribution in [0.3, 0.4) is 0 Å². The molecule has 1 amide bonds. The lowest BCUT2D eigenvalue weighted by molar-refractivity contribution is 0.0871. The molecule has 1 aromatic carbocycles. The van der Waals surface area contributed by atoms with E-state index in [1.165, 1.54) is 12.1 Å². The standard InChI is InChI=1S/C13H17BrClNO4S/c1-4-20-7-8(2)16-13(17)11-5-10(21(15,18)19)6-12(14)9(11)3/h5-6,8H,4,7H2,1-3H3,(H,16,17). The van der Waals surface area contributed by atoms with E-state index >= 15 is 0 Å². The molecule has 0 fully saturated rings. The molecule has 0 aliphatic rings. The number of amides is 1. The van der Waals surface area contributed by atoms with Crippen molar-refractivity contribution in [3.05, 3.63) is 27.7 Å². The maximum absolute atomic E-state index is 12.2. The van der Waals surface area contributed by atoms with Gasteiger partial charge in [0.15, 0.2) is 0 Å². The molecule has 21 heavy (non-hydrogen) atoms. The summed E-state index contributed by atoms with van der Waals surface area (Å²) >= 11 is 3.24. The minimum atomic E-state index is -3.90. The van der Waals surface area contributed by atoms with Gasteiger partial charge in [-0.1, -0.05) is 15.9 Å². The Balaban J connectivity index is 3.06. The predicted octanol–water partition coefficient (Wildman–Crippen LogP) is 2.84. The van der Waals surface area contributed by atoms with E-state index in [1.54, 1.807) is 13.8 Å². The molecule has 1 unspecified atom stereocenters. The summed E-state index contributed by atoms with van der Waals surface area (Å²) in [5.74, 6) is -0.373. The summed E-state index contributed by atoms with van der Waals surface area (Å²) in [7, 11) is 1.43. The first-order valence-electron chi connectivity index (χ1n) is 6.30. The number of halogens is 2. The summed E-state index contributed by atoms with van der Waals surface area (Å²) in [4.78, 5) is 12.1. The van der Waals surface area contributed by atoms with E-state index in [4.69, 9.17) is 15.4 Å². The third-order valence-corrected chi connectivity index (χ3v) is 4.95. The topological polar surface area (TPSA) is 72.5 Å². The zero-order chi connectivity index (χ0) is 16.2. The average molecular weight is 399 g/mol. The molecule has 0 saturated heterocycles. The third kappa shape index (κ3) is 5.25. The van der Waals surface area contributed by atoms with E-state index in [-0.39, 0.29) is 22.4 Å². The number of rotatable bonds is 6. The van der Waals surface area contributed by atoms with Crippen LogP contribution in [0.2, 0.25) is 0 Å². The lowest BCUT2D eigenvalue weighted by atomic mass is 10.1. The summed E-state index contributed by atoms with van der Waals surface area (Å²) in [6.07, 6.45) is 0. The Morgan fingerprint density at radius 2 is 2.10 bits per heavy atom. The van der Waals surface area contributed by atoms with Gasteiger partial charge < -0.3 is 10.1 Å². The first-order valence-corrected chi connectivity index (χ1v) is 9.40. The molecule has 0 aliphatic heterocycles. The summed E-state index contributed by atoms with van der Waals surface area (Å²) in [6.45, 7) is 6.34. The Morgan fingerprint density at radius 1 is 1.48 bits per heavy atom. The van der Waals surface area contributed by atoms with Crippen LogP contribution >= 0.6 is 26.6 Å². The first-order chi connectivity index (χ1) is 9.66. The van der Waals surface area contributed by atoms with E-state index in [1.807, 2.05) is 6.92 Å². The molecule has 118 valence electrons. The van der Waals surface area contributed by atoms with Crippen LogP contribution in [0.25, 0.3) is 0 Å². The van der Waals surface area contributed by atoms with Crippen molar-refractivity contribution in [3.63, 3.8) is 0 Å². The Morgan fingerprint density at radius 3 is 2.62 bits per heavy atom. The highest BCUT2D eigenvalue weighted by molar-refractivity contribution is 9.10. The SMILES string of the molecule is CCOCC(C)NC(=O)c1cc(S(=O)(=O)Cl)cc(Br)c1C. The number of hydrogen-bond donors (Lipinski definition) is 1. The van der Waals surface area contributed by atoms with E-state index in [9.17, 15) is 13.2 Å². The van der Waals surface area contributed by atoms with Crippen LogP contribution in [-0.4, -0.2) is 33.6 Å². The van der Waals surface area contributed by atoms with Crippen LogP contribution in [0.4, 0.5) is 0 Å². The van der Waals surface area contributed by atoms with Crippen LogP contribution in [-0.2, 0) is 13.8 Å². The zero-order valence-corrected chi connectivity index (χ0v) is 15.1. The Labute approximate surface area is 137 Å². The molecule has 0 radical (unpaired) electrons. The average Bonchev–Trinajstić information content (AvgIpc) is 2.37. The summed E-state index contributed by atoms with van der Waals surface area (Å²) in [5, 5.41) is 2.76. The van der Waals surface area contributed by atoms with Crippen molar-refractivity contribution < 1.29 is 17.9 Å². The monoisotopic (exact) mass is 397 g/mol. The molecule has 8 heteroatoms. The molecular formula is C13H17BrClNO4S. The minimum absolute atomic E-state index is 0.121. The molecule has 1 rings (SSSR count). The molecular weight excluding hydrogens is 382 g/mol. The first kappa shape index (κ1) is 18.4. The maximum atomic E-state index is 12.2. The zero-order valence-electron chi connectivity index (χ0n) is 11.9. The Hall–Kier alpha value is -0.630. The summed E-state index contributed by atoms with van der Waals surface area (Å²) < 4.78 is 28.6. The van der Waals surface area contributed by atoms with Crippen molar-refractivity contribution in [2.75, 3.05) is 13.2 Å². The number of benzene rings is 1. The van der Waals surface area contributed by atoms with Crippen molar-refractivity contribution in [2.24, 2.45) is 0 Å². The van der Waals surface area contributed by atoms with Gasteiger partial charge in [0.1, 0.15) is 0 Å². The van der Waals surface area contributed by atoms with Gasteiger partial charge in [-0.3, -0.25) is 4.79 Å². The maximum Gasteiger partial charge on any atom is 0.261 e. The number of ether oxygens (including phenoxy) is 1. The van der Waals surface area contributed by atoms with Crippen molar-refractivity contribution in [3.8, 4) is 0 Å². The normalized spacial score (nSPS) is 13.0. The van der Waals surface area contributed by atoms with Crippen LogP contribution in [0.5, 0.6) is 0 Å². The fraction of sp³-hybridized carbons (Fsp3) is 0.462. The number of carbonyl (C=O) groups excluding carboxylic acids is 1. The van der Waals surface area contributed by atoms with E-state index in [0.29, 0.717) is 23.2 Å². The van der Waals surface area contributed by atoms with Gasteiger partial charge in [-0.25, -0.2) is 8.42 Å². The van der Waals surface area contributed by atoms with E-state index < -0.39 is 9.05 Å². The predicted molar refractivity (Wildman–Crippen MR) is 85.3 cm³/mol. The molecule has 0 spiro atoms. The fourth-order valence-corrected chi connectivity index (χ4v) is 3.06. The summed E-state index contributed by atoms with van der Waals surface area (Å²) in [6, 6.07) is 2.45. The molecule has 0 heterocycles. The number of carbonyl (C=O) groups is 1. The van der Waals surface area contributed by atoms with Crippen molar-refractivity contribution in [1.29, 1.82) is 0 Å². The fourth-order valence-electron chi connectivity index (χ4n) is 1.67. The van der Waals surface area contributed by atoms with Crippen LogP contribution in [0, 0.1) is 6.92 Å². The number of nitrogens with one attached hydrogen (secondary N) is 1. The molecule has 1 aromatic rings. The largest absolute Gasteiger partial charge is 0.380 e. The van der Waals surface area contributed by atoms with Crippen molar-refractivity contribution in [1.82, 2.24) is 5.32 Å². The van der Waals surface area contributed by atoms with Crippen LogP contribution < -0.4 is 5.32 Å². The minimum Gasteiger partial charge on any atom is -0.380 e. The van der Waals surface area contributed by atoms with E-state index in [2.05, 4.69) is 21.2 Å². The Bertz CT molecular complexity index is 633. The lowest BCUT2D eigenvalue weighted by Gasteiger charge is -2.15. The quantitative estimate of drug-likeness (QED) is 0.748. The second-order valence-corrected chi connectivity index (χ2v) is 7.97. The second-order valence-electron chi connectivity index (χ2n) is 4.55. The van der Waals surface area contributed by atoms with Crippen molar-refractivity contribution >= 4 is 41.6 Å². The van der Waals surface area contributed by atoms with Gasteiger partial charge in [-0.15, -0.1) is 0 Å². The smallest absolute Gasteiger partial charge is 0.261 e. The third-order valence-electron chi connectivity index (χ3n) is 2.79. The van der Waals surface area contributed by atoms with Gasteiger partial charge in [0.2, 0.25) is 0 Å². The molecule has 0 saturated carbocycles. The van der Waals surface area contributed by atoms with Gasteiger partial charge in [-0.2, -0.15) is 0 Å². The van der Waals surface area contributed by atoms with Gasteiger partial charge in [0.05, 0.1) is 11.5 Å². The van der Waals surface area contributed by atoms with Crippen molar-refractivity contribution in [2.45, 2.75) is 31.7 Å². The molecule has 0 aliphatic carbocycles. The number of hydrogen-bond acceptors (Lipinski definition) is 4. The lowest BCUT2D eigenvalue weighted by Crippen LogP contribution is -2.36. The highest BCUT2D eigenvalue weighted by atomic mass is 79.9. The van der Waals surface area contributed by atoms with E-state index in [0.717, 1.165) is 0 Å². The molecule has 1 atom stereocenters. The summed E-state index contributed by atoms with van der Waals surface area (Å²) in [5.41, 5.74) is 0.895. The van der Waals surface area contributed by atoms with Crippen LogP contribution in [0.1, 0.15) is 29.8 Å². The van der Waals surface area contributed by atoms with Gasteiger partial charge in [0.25, 0.3) is 15.0 Å². The molecule has 5 nitrogen and oxygen atoms in total. The second kappa shape index (κ2) is 7.58. The molecule has 1 N–H and O–H groups in total. The van der Waals surface area contributed by atoms with Gasteiger partial charge >= 0.3 is 0 Å². The van der Waals surface area contributed by atoms with Gasteiger partial charge in [-0.05, 0) is 38.5 Å². The molecule has 0 aromatic heterocycles. The highest BCUT2D eigenvalue weighted by Gasteiger charge is 2.19. The van der Waals surface area contributed by atoms with Gasteiger partial charge in [0, 0.05) is 33.4 Å². The Kier molecular flexibility index (Phi) is 6.65. The highest BCUT2D eigenvalue weighted by Crippen LogP contribution is 2.26. The molecule has 0 bridgehead atoms. The van der Waals surface area contributed by atoms with Crippen LogP contribution in [0.15, 0.2) is 21.5 Å².